The fourth-order valence-electron chi connectivity index (χ4n) is 1.81. The number of hydrogen-bond donors (Lipinski definition) is 0. The number of esters is 1. The van der Waals surface area contributed by atoms with Crippen molar-refractivity contribution in [1.82, 2.24) is 0 Å². The number of ether oxygens (including phenoxy) is 2. The molecule has 0 saturated heterocycles. The van der Waals surface area contributed by atoms with Crippen LogP contribution in [0, 0.1) is 5.82 Å². The highest BCUT2D eigenvalue weighted by molar-refractivity contribution is 5.98. The van der Waals surface area contributed by atoms with Crippen LogP contribution in [-0.2, 0) is 9.53 Å². The molecule has 0 aliphatic heterocycles. The van der Waals surface area contributed by atoms with Crippen LogP contribution in [0.5, 0.6) is 5.75 Å². The standard InChI is InChI=1S/C18H15FO4/c1-22-16-4-2-3-13(11-16)5-10-18(21)23-12-17(20)14-6-8-15(19)9-7-14/h2-11H,12H2,1H3/b10-5+. The monoisotopic (exact) mass is 314 g/mol. The van der Waals surface area contributed by atoms with E-state index in [-0.39, 0.29) is 5.56 Å². The fraction of sp³-hybridized carbons (Fsp3) is 0.111. The molecule has 0 bridgehead atoms. The van der Waals surface area contributed by atoms with E-state index in [1.807, 2.05) is 0 Å². The Morgan fingerprint density at radius 1 is 1.13 bits per heavy atom. The van der Waals surface area contributed by atoms with Crippen molar-refractivity contribution in [2.24, 2.45) is 0 Å². The highest BCUT2D eigenvalue weighted by Gasteiger charge is 2.08. The van der Waals surface area contributed by atoms with E-state index < -0.39 is 24.2 Å². The van der Waals surface area contributed by atoms with Crippen molar-refractivity contribution in [3.8, 4) is 5.75 Å². The summed E-state index contributed by atoms with van der Waals surface area (Å²) in [5.74, 6) is -0.789. The Labute approximate surface area is 133 Å². The van der Waals surface area contributed by atoms with Gasteiger partial charge in [-0.15, -0.1) is 0 Å². The Hall–Kier alpha value is -2.95. The fourth-order valence-corrected chi connectivity index (χ4v) is 1.81. The number of benzene rings is 2. The smallest absolute Gasteiger partial charge is 0.331 e. The minimum Gasteiger partial charge on any atom is -0.497 e. The first-order valence-electron chi connectivity index (χ1n) is 6.86. The lowest BCUT2D eigenvalue weighted by Crippen LogP contribution is -2.12. The zero-order chi connectivity index (χ0) is 16.7. The predicted molar refractivity (Wildman–Crippen MR) is 83.7 cm³/mol. The number of hydrogen-bond acceptors (Lipinski definition) is 4. The molecule has 0 N–H and O–H groups in total. The second-order valence-electron chi connectivity index (χ2n) is 4.65. The average Bonchev–Trinajstić information content (AvgIpc) is 2.58. The van der Waals surface area contributed by atoms with Gasteiger partial charge < -0.3 is 9.47 Å². The van der Waals surface area contributed by atoms with Crippen molar-refractivity contribution >= 4 is 17.8 Å². The zero-order valence-electron chi connectivity index (χ0n) is 12.5. The molecule has 0 aliphatic carbocycles. The first-order valence-corrected chi connectivity index (χ1v) is 6.86. The molecule has 2 aromatic carbocycles. The van der Waals surface area contributed by atoms with Crippen LogP contribution in [0.4, 0.5) is 4.39 Å². The van der Waals surface area contributed by atoms with E-state index >= 15 is 0 Å². The van der Waals surface area contributed by atoms with Crippen LogP contribution in [-0.4, -0.2) is 25.5 Å². The van der Waals surface area contributed by atoms with E-state index in [1.54, 1.807) is 37.5 Å². The van der Waals surface area contributed by atoms with Gasteiger partial charge in [0, 0.05) is 11.6 Å². The third-order valence-corrected chi connectivity index (χ3v) is 3.02. The maximum atomic E-state index is 12.8. The van der Waals surface area contributed by atoms with E-state index in [2.05, 4.69) is 0 Å². The number of halogens is 1. The molecule has 2 aromatic rings. The molecule has 23 heavy (non-hydrogen) atoms. The second-order valence-corrected chi connectivity index (χ2v) is 4.65. The van der Waals surface area contributed by atoms with Crippen LogP contribution in [0.15, 0.2) is 54.6 Å². The molecular weight excluding hydrogens is 299 g/mol. The van der Waals surface area contributed by atoms with Gasteiger partial charge in [0.15, 0.2) is 12.4 Å². The Bertz CT molecular complexity index is 720. The first-order chi connectivity index (χ1) is 11.1. The molecule has 0 unspecified atom stereocenters. The lowest BCUT2D eigenvalue weighted by atomic mass is 10.1. The van der Waals surface area contributed by atoms with Gasteiger partial charge >= 0.3 is 5.97 Å². The van der Waals surface area contributed by atoms with Crippen LogP contribution in [0.3, 0.4) is 0 Å². The minimum absolute atomic E-state index is 0.288. The molecule has 4 nitrogen and oxygen atoms in total. The molecule has 0 atom stereocenters. The number of methoxy groups -OCH3 is 1. The summed E-state index contributed by atoms with van der Waals surface area (Å²) in [4.78, 5) is 23.4. The molecule has 5 heteroatoms. The maximum Gasteiger partial charge on any atom is 0.331 e. The van der Waals surface area contributed by atoms with Gasteiger partial charge in [-0.1, -0.05) is 12.1 Å². The molecule has 0 aliphatic rings. The third-order valence-electron chi connectivity index (χ3n) is 3.02. The average molecular weight is 314 g/mol. The number of carbonyl (C=O) groups is 2. The Balaban J connectivity index is 1.88. The molecule has 0 fully saturated rings. The topological polar surface area (TPSA) is 52.6 Å². The zero-order valence-corrected chi connectivity index (χ0v) is 12.5. The maximum absolute atomic E-state index is 12.8. The lowest BCUT2D eigenvalue weighted by Gasteiger charge is -2.02. The van der Waals surface area contributed by atoms with Gasteiger partial charge in [0.25, 0.3) is 0 Å². The van der Waals surface area contributed by atoms with Crippen molar-refractivity contribution in [2.75, 3.05) is 13.7 Å². The van der Waals surface area contributed by atoms with Gasteiger partial charge in [-0.05, 0) is 48.0 Å². The van der Waals surface area contributed by atoms with Crippen molar-refractivity contribution in [3.63, 3.8) is 0 Å². The highest BCUT2D eigenvalue weighted by atomic mass is 19.1. The summed E-state index contributed by atoms with van der Waals surface area (Å²) in [6, 6.07) is 12.2. The first kappa shape index (κ1) is 16.4. The Morgan fingerprint density at radius 3 is 2.57 bits per heavy atom. The van der Waals surface area contributed by atoms with E-state index in [4.69, 9.17) is 9.47 Å². The second kappa shape index (κ2) is 7.89. The summed E-state index contributed by atoms with van der Waals surface area (Å²) in [6.45, 7) is -0.396. The third kappa shape index (κ3) is 5.07. The Morgan fingerprint density at radius 2 is 1.87 bits per heavy atom. The molecule has 0 spiro atoms. The van der Waals surface area contributed by atoms with Crippen LogP contribution < -0.4 is 4.74 Å². The summed E-state index contributed by atoms with van der Waals surface area (Å²) in [7, 11) is 1.55. The highest BCUT2D eigenvalue weighted by Crippen LogP contribution is 2.13. The Kier molecular flexibility index (Phi) is 5.63. The van der Waals surface area contributed by atoms with Crippen molar-refractivity contribution in [3.05, 3.63) is 71.6 Å². The SMILES string of the molecule is COc1cccc(/C=C/C(=O)OCC(=O)c2ccc(F)cc2)c1. The predicted octanol–water partition coefficient (Wildman–Crippen LogP) is 3.27. The number of carbonyl (C=O) groups excluding carboxylic acids is 2. The molecule has 0 saturated carbocycles. The summed E-state index contributed by atoms with van der Waals surface area (Å²) in [5, 5.41) is 0. The normalized spacial score (nSPS) is 10.5. The van der Waals surface area contributed by atoms with E-state index in [0.29, 0.717) is 5.75 Å². The summed E-state index contributed by atoms with van der Waals surface area (Å²) in [6.07, 6.45) is 2.79. The molecule has 118 valence electrons. The molecule has 0 heterocycles. The van der Waals surface area contributed by atoms with Gasteiger partial charge in [0.1, 0.15) is 11.6 Å². The van der Waals surface area contributed by atoms with Crippen molar-refractivity contribution in [1.29, 1.82) is 0 Å². The van der Waals surface area contributed by atoms with Crippen LogP contribution in [0.2, 0.25) is 0 Å². The molecule has 0 aromatic heterocycles. The summed E-state index contributed by atoms with van der Waals surface area (Å²) >= 11 is 0. The van der Waals surface area contributed by atoms with E-state index in [0.717, 1.165) is 5.56 Å². The van der Waals surface area contributed by atoms with Gasteiger partial charge in [-0.25, -0.2) is 9.18 Å². The van der Waals surface area contributed by atoms with Crippen molar-refractivity contribution < 1.29 is 23.5 Å². The van der Waals surface area contributed by atoms with Gasteiger partial charge in [-0.2, -0.15) is 0 Å². The van der Waals surface area contributed by atoms with Crippen LogP contribution >= 0.6 is 0 Å². The summed E-state index contributed by atoms with van der Waals surface area (Å²) < 4.78 is 22.7. The van der Waals surface area contributed by atoms with Gasteiger partial charge in [0.2, 0.25) is 0 Å². The van der Waals surface area contributed by atoms with Crippen LogP contribution in [0.25, 0.3) is 6.08 Å². The lowest BCUT2D eigenvalue weighted by molar-refractivity contribution is -0.136. The van der Waals surface area contributed by atoms with Gasteiger partial charge in [0.05, 0.1) is 7.11 Å². The largest absolute Gasteiger partial charge is 0.497 e. The van der Waals surface area contributed by atoms with E-state index in [9.17, 15) is 14.0 Å². The number of Topliss-reactive ketones (excluding diaryl/α,β-unsaturated/α-hetero) is 1. The molecule has 0 radical (unpaired) electrons. The molecular formula is C18H15FO4. The minimum atomic E-state index is -0.636. The van der Waals surface area contributed by atoms with Crippen molar-refractivity contribution in [2.45, 2.75) is 0 Å². The quantitative estimate of drug-likeness (QED) is 0.466. The van der Waals surface area contributed by atoms with Gasteiger partial charge in [-0.3, -0.25) is 4.79 Å². The van der Waals surface area contributed by atoms with E-state index in [1.165, 1.54) is 30.3 Å². The number of ketones is 1. The number of rotatable bonds is 6. The van der Waals surface area contributed by atoms with Crippen LogP contribution in [0.1, 0.15) is 15.9 Å². The molecule has 0 amide bonds. The summed E-state index contributed by atoms with van der Waals surface area (Å²) in [5.41, 5.74) is 1.06. The molecule has 2 rings (SSSR count).